The van der Waals surface area contributed by atoms with Crippen LogP contribution >= 0.6 is 0 Å². The van der Waals surface area contributed by atoms with E-state index >= 15 is 0 Å². The SMILES string of the molecule is CCC(N)Cc1ccc(OCc2ncnn2CC)c(F)c1. The average molecular weight is 292 g/mol. The minimum Gasteiger partial charge on any atom is -0.483 e. The molecule has 0 aliphatic heterocycles. The summed E-state index contributed by atoms with van der Waals surface area (Å²) in [6.45, 7) is 4.88. The molecule has 1 aromatic carbocycles. The smallest absolute Gasteiger partial charge is 0.165 e. The van der Waals surface area contributed by atoms with Gasteiger partial charge < -0.3 is 10.5 Å². The Morgan fingerprint density at radius 1 is 1.38 bits per heavy atom. The van der Waals surface area contributed by atoms with Crippen molar-refractivity contribution in [3.8, 4) is 5.75 Å². The van der Waals surface area contributed by atoms with Crippen molar-refractivity contribution in [3.05, 3.63) is 41.7 Å². The van der Waals surface area contributed by atoms with Gasteiger partial charge in [-0.1, -0.05) is 13.0 Å². The van der Waals surface area contributed by atoms with E-state index in [-0.39, 0.29) is 24.2 Å². The van der Waals surface area contributed by atoms with Crippen LogP contribution in [-0.2, 0) is 19.6 Å². The first-order valence-corrected chi connectivity index (χ1v) is 7.17. The van der Waals surface area contributed by atoms with Crippen molar-refractivity contribution >= 4 is 0 Å². The third-order valence-electron chi connectivity index (χ3n) is 3.37. The standard InChI is InChI=1S/C15H21FN4O/c1-3-12(17)7-11-5-6-14(13(16)8-11)21-9-15-18-10-19-20(15)4-2/h5-6,8,10,12H,3-4,7,9,17H2,1-2H3. The van der Waals surface area contributed by atoms with Crippen molar-refractivity contribution in [1.29, 1.82) is 0 Å². The van der Waals surface area contributed by atoms with Gasteiger partial charge in [-0.25, -0.2) is 14.1 Å². The second-order valence-electron chi connectivity index (χ2n) is 4.92. The van der Waals surface area contributed by atoms with Crippen LogP contribution in [0.1, 0.15) is 31.7 Å². The highest BCUT2D eigenvalue weighted by Gasteiger charge is 2.09. The van der Waals surface area contributed by atoms with Crippen molar-refractivity contribution in [2.75, 3.05) is 0 Å². The summed E-state index contributed by atoms with van der Waals surface area (Å²) in [5.74, 6) is 0.516. The van der Waals surface area contributed by atoms with Gasteiger partial charge in [0.15, 0.2) is 17.4 Å². The Kier molecular flexibility index (Phi) is 5.27. The summed E-state index contributed by atoms with van der Waals surface area (Å²) >= 11 is 0. The van der Waals surface area contributed by atoms with Gasteiger partial charge in [-0.15, -0.1) is 0 Å². The van der Waals surface area contributed by atoms with E-state index in [2.05, 4.69) is 10.1 Å². The number of nitrogens with two attached hydrogens (primary N) is 1. The lowest BCUT2D eigenvalue weighted by molar-refractivity contribution is 0.273. The maximum atomic E-state index is 14.0. The molecule has 1 heterocycles. The summed E-state index contributed by atoms with van der Waals surface area (Å²) < 4.78 is 21.2. The van der Waals surface area contributed by atoms with Gasteiger partial charge >= 0.3 is 0 Å². The fourth-order valence-electron chi connectivity index (χ4n) is 2.04. The Hall–Kier alpha value is -1.95. The zero-order valence-corrected chi connectivity index (χ0v) is 12.4. The molecule has 2 aromatic rings. The number of aromatic nitrogens is 3. The zero-order chi connectivity index (χ0) is 15.2. The van der Waals surface area contributed by atoms with Gasteiger partial charge in [-0.05, 0) is 37.5 Å². The zero-order valence-electron chi connectivity index (χ0n) is 12.4. The van der Waals surface area contributed by atoms with Crippen molar-refractivity contribution < 1.29 is 9.13 Å². The minimum absolute atomic E-state index is 0.0549. The van der Waals surface area contributed by atoms with E-state index in [1.54, 1.807) is 10.7 Å². The first-order chi connectivity index (χ1) is 10.1. The van der Waals surface area contributed by atoms with E-state index in [0.717, 1.165) is 12.0 Å². The first kappa shape index (κ1) is 15.4. The van der Waals surface area contributed by atoms with Gasteiger partial charge in [0, 0.05) is 12.6 Å². The van der Waals surface area contributed by atoms with Gasteiger partial charge in [-0.3, -0.25) is 0 Å². The highest BCUT2D eigenvalue weighted by molar-refractivity contribution is 5.29. The number of benzene rings is 1. The van der Waals surface area contributed by atoms with Gasteiger partial charge in [0.25, 0.3) is 0 Å². The molecule has 0 amide bonds. The third-order valence-corrected chi connectivity index (χ3v) is 3.37. The number of rotatable bonds is 7. The lowest BCUT2D eigenvalue weighted by Gasteiger charge is -2.11. The minimum atomic E-state index is -0.377. The Balaban J connectivity index is 2.01. The van der Waals surface area contributed by atoms with Crippen LogP contribution in [0.15, 0.2) is 24.5 Å². The fraction of sp³-hybridized carbons (Fsp3) is 0.467. The van der Waals surface area contributed by atoms with E-state index in [1.165, 1.54) is 12.4 Å². The number of nitrogens with zero attached hydrogens (tertiary/aromatic N) is 3. The predicted octanol–water partition coefficient (Wildman–Crippen LogP) is 2.30. The fourth-order valence-corrected chi connectivity index (χ4v) is 2.04. The molecule has 5 nitrogen and oxygen atoms in total. The lowest BCUT2D eigenvalue weighted by Crippen LogP contribution is -2.21. The van der Waals surface area contributed by atoms with Crippen LogP contribution in [0.4, 0.5) is 4.39 Å². The van der Waals surface area contributed by atoms with E-state index in [0.29, 0.717) is 18.8 Å². The summed E-state index contributed by atoms with van der Waals surface area (Å²) in [4.78, 5) is 4.09. The largest absolute Gasteiger partial charge is 0.483 e. The summed E-state index contributed by atoms with van der Waals surface area (Å²) in [7, 11) is 0. The molecule has 0 spiro atoms. The maximum absolute atomic E-state index is 14.0. The van der Waals surface area contributed by atoms with Gasteiger partial charge in [0.1, 0.15) is 12.9 Å². The molecule has 1 aromatic heterocycles. The van der Waals surface area contributed by atoms with Gasteiger partial charge in [-0.2, -0.15) is 5.10 Å². The van der Waals surface area contributed by atoms with Crippen molar-refractivity contribution in [3.63, 3.8) is 0 Å². The molecule has 2 rings (SSSR count). The molecule has 0 bridgehead atoms. The van der Waals surface area contributed by atoms with E-state index in [4.69, 9.17) is 10.5 Å². The Labute approximate surface area is 123 Å². The summed E-state index contributed by atoms with van der Waals surface area (Å²) in [6, 6.07) is 5.02. The molecular weight excluding hydrogens is 271 g/mol. The van der Waals surface area contributed by atoms with Crippen LogP contribution in [-0.4, -0.2) is 20.8 Å². The second kappa shape index (κ2) is 7.17. The molecule has 0 saturated heterocycles. The average Bonchev–Trinajstić information content (AvgIpc) is 2.93. The predicted molar refractivity (Wildman–Crippen MR) is 78.4 cm³/mol. The molecule has 114 valence electrons. The number of halogens is 1. The molecule has 1 atom stereocenters. The normalized spacial score (nSPS) is 12.4. The highest BCUT2D eigenvalue weighted by Crippen LogP contribution is 2.20. The number of aryl methyl sites for hydroxylation is 1. The molecule has 21 heavy (non-hydrogen) atoms. The molecule has 6 heteroatoms. The number of hydrogen-bond acceptors (Lipinski definition) is 4. The van der Waals surface area contributed by atoms with Crippen molar-refractivity contribution in [2.45, 2.75) is 45.9 Å². The van der Waals surface area contributed by atoms with Crippen LogP contribution in [0, 0.1) is 5.82 Å². The monoisotopic (exact) mass is 292 g/mol. The van der Waals surface area contributed by atoms with E-state index < -0.39 is 0 Å². The Morgan fingerprint density at radius 3 is 2.86 bits per heavy atom. The summed E-state index contributed by atoms with van der Waals surface area (Å²) in [5.41, 5.74) is 6.76. The van der Waals surface area contributed by atoms with Gasteiger partial charge in [0.2, 0.25) is 0 Å². The number of ether oxygens (including phenoxy) is 1. The molecule has 0 aliphatic rings. The highest BCUT2D eigenvalue weighted by atomic mass is 19.1. The molecule has 0 saturated carbocycles. The van der Waals surface area contributed by atoms with Crippen molar-refractivity contribution in [1.82, 2.24) is 14.8 Å². The molecule has 2 N–H and O–H groups in total. The number of hydrogen-bond donors (Lipinski definition) is 1. The first-order valence-electron chi connectivity index (χ1n) is 7.17. The van der Waals surface area contributed by atoms with Crippen LogP contribution in [0.5, 0.6) is 5.75 Å². The quantitative estimate of drug-likeness (QED) is 0.850. The van der Waals surface area contributed by atoms with E-state index in [9.17, 15) is 4.39 Å². The molecular formula is C15H21FN4O. The topological polar surface area (TPSA) is 66.0 Å². The maximum Gasteiger partial charge on any atom is 0.165 e. The molecule has 1 unspecified atom stereocenters. The Morgan fingerprint density at radius 2 is 2.19 bits per heavy atom. The van der Waals surface area contributed by atoms with E-state index in [1.807, 2.05) is 19.9 Å². The summed E-state index contributed by atoms with van der Waals surface area (Å²) in [6.07, 6.45) is 3.00. The second-order valence-corrected chi connectivity index (χ2v) is 4.92. The van der Waals surface area contributed by atoms with Gasteiger partial charge in [0.05, 0.1) is 0 Å². The van der Waals surface area contributed by atoms with Crippen molar-refractivity contribution in [2.24, 2.45) is 5.73 Å². The molecule has 0 aliphatic carbocycles. The molecule has 0 radical (unpaired) electrons. The Bertz CT molecular complexity index is 585. The summed E-state index contributed by atoms with van der Waals surface area (Å²) in [5, 5.41) is 4.04. The molecule has 0 fully saturated rings. The van der Waals surface area contributed by atoms with Crippen LogP contribution in [0.3, 0.4) is 0 Å². The lowest BCUT2D eigenvalue weighted by atomic mass is 10.0. The third kappa shape index (κ3) is 4.01. The van der Waals surface area contributed by atoms with Crippen LogP contribution in [0.25, 0.3) is 0 Å². The van der Waals surface area contributed by atoms with Crippen LogP contribution in [0.2, 0.25) is 0 Å². The van der Waals surface area contributed by atoms with Crippen LogP contribution < -0.4 is 10.5 Å².